The first-order chi connectivity index (χ1) is 14.5. The number of benzene rings is 2. The Bertz CT molecular complexity index is 1220. The number of hydrogen-bond donors (Lipinski definition) is 2. The number of carboxylic acids is 1. The fourth-order valence-corrected chi connectivity index (χ4v) is 3.92. The molecule has 0 fully saturated rings. The van der Waals surface area contributed by atoms with Gasteiger partial charge >= 0.3 is 5.97 Å². The summed E-state index contributed by atoms with van der Waals surface area (Å²) in [5.41, 5.74) is -0.424. The summed E-state index contributed by atoms with van der Waals surface area (Å²) in [6.45, 7) is 4.80. The zero-order chi connectivity index (χ0) is 23.2. The molecule has 0 aliphatic heterocycles. The number of rotatable bonds is 5. The lowest BCUT2D eigenvalue weighted by Gasteiger charge is -2.20. The van der Waals surface area contributed by atoms with Gasteiger partial charge in [-0.3, -0.25) is 14.2 Å². The molecule has 0 radical (unpaired) electrons. The molecule has 3 aromatic rings. The predicted octanol–water partition coefficient (Wildman–Crippen LogP) is 5.63. The highest BCUT2D eigenvalue weighted by molar-refractivity contribution is 6.30. The highest BCUT2D eigenvalue weighted by atomic mass is 35.5. The number of halogens is 4. The van der Waals surface area contributed by atoms with Crippen molar-refractivity contribution in [3.63, 3.8) is 0 Å². The van der Waals surface area contributed by atoms with Crippen molar-refractivity contribution in [2.24, 2.45) is 5.92 Å². The molecule has 0 saturated carbocycles. The lowest BCUT2D eigenvalue weighted by atomic mass is 9.84. The molecule has 0 saturated heterocycles. The first-order valence-electron chi connectivity index (χ1n) is 9.45. The van der Waals surface area contributed by atoms with Crippen LogP contribution in [0.2, 0.25) is 5.02 Å². The third kappa shape index (κ3) is 3.65. The Morgan fingerprint density at radius 2 is 1.81 bits per heavy atom. The third-order valence-electron chi connectivity index (χ3n) is 5.57. The summed E-state index contributed by atoms with van der Waals surface area (Å²) in [6.07, 6.45) is 0.425. The maximum Gasteiger partial charge on any atom is 0.311 e. The molecule has 164 valence electrons. The standard InChI is InChI=1S/C22H19ClF3NO4/c1-4-9(2)16(22(30)31)17-10(3)27(15-8-14(25)20(28)19(26)18(15)17)21(29)11-5-6-12(23)13(24)7-11/h5-9,16,28H,4H2,1-3H3,(H,30,31)/t9-,16?/m1/s1. The van der Waals surface area contributed by atoms with E-state index >= 15 is 4.39 Å². The Morgan fingerprint density at radius 3 is 2.35 bits per heavy atom. The van der Waals surface area contributed by atoms with Gasteiger partial charge in [0.15, 0.2) is 17.4 Å². The molecule has 3 rings (SSSR count). The molecule has 0 bridgehead atoms. The van der Waals surface area contributed by atoms with Gasteiger partial charge in [0.2, 0.25) is 0 Å². The van der Waals surface area contributed by atoms with E-state index in [4.69, 9.17) is 11.6 Å². The van der Waals surface area contributed by atoms with Crippen LogP contribution in [0.25, 0.3) is 10.9 Å². The lowest BCUT2D eigenvalue weighted by molar-refractivity contribution is -0.140. The summed E-state index contributed by atoms with van der Waals surface area (Å²) in [5, 5.41) is 19.1. The van der Waals surface area contributed by atoms with E-state index in [9.17, 15) is 28.6 Å². The normalized spacial score (nSPS) is 13.4. The minimum atomic E-state index is -1.36. The third-order valence-corrected chi connectivity index (χ3v) is 5.87. The van der Waals surface area contributed by atoms with E-state index < -0.39 is 46.9 Å². The van der Waals surface area contributed by atoms with Crippen molar-refractivity contribution in [3.05, 3.63) is 63.6 Å². The van der Waals surface area contributed by atoms with Gasteiger partial charge < -0.3 is 10.2 Å². The number of carbonyl (C=O) groups excluding carboxylic acids is 1. The van der Waals surface area contributed by atoms with Crippen molar-refractivity contribution < 1.29 is 33.0 Å². The van der Waals surface area contributed by atoms with Gasteiger partial charge in [0, 0.05) is 22.7 Å². The van der Waals surface area contributed by atoms with Gasteiger partial charge in [-0.25, -0.2) is 13.2 Å². The van der Waals surface area contributed by atoms with E-state index in [2.05, 4.69) is 0 Å². The van der Waals surface area contributed by atoms with Crippen LogP contribution in [0.3, 0.4) is 0 Å². The molecule has 5 nitrogen and oxygen atoms in total. The molecule has 2 N–H and O–H groups in total. The van der Waals surface area contributed by atoms with Crippen LogP contribution in [0.5, 0.6) is 5.75 Å². The van der Waals surface area contributed by atoms with E-state index in [-0.39, 0.29) is 32.7 Å². The number of phenolic OH excluding ortho intramolecular Hbond substituents is 1. The summed E-state index contributed by atoms with van der Waals surface area (Å²) in [6, 6.07) is 4.05. The average molecular weight is 454 g/mol. The maximum absolute atomic E-state index is 15.0. The number of nitrogens with zero attached hydrogens (tertiary/aromatic N) is 1. The van der Waals surface area contributed by atoms with Gasteiger partial charge in [0.05, 0.1) is 16.5 Å². The summed E-state index contributed by atoms with van der Waals surface area (Å²) in [4.78, 5) is 25.3. The van der Waals surface area contributed by atoms with E-state index in [1.165, 1.54) is 13.0 Å². The van der Waals surface area contributed by atoms with Crippen LogP contribution < -0.4 is 0 Å². The summed E-state index contributed by atoms with van der Waals surface area (Å²) in [7, 11) is 0. The van der Waals surface area contributed by atoms with Gasteiger partial charge in [-0.15, -0.1) is 0 Å². The summed E-state index contributed by atoms with van der Waals surface area (Å²) < 4.78 is 44.0. The second-order valence-electron chi connectivity index (χ2n) is 7.39. The number of aromatic hydroxyl groups is 1. The van der Waals surface area contributed by atoms with E-state index in [0.717, 1.165) is 22.8 Å². The first-order valence-corrected chi connectivity index (χ1v) is 9.83. The molecule has 0 amide bonds. The largest absolute Gasteiger partial charge is 0.503 e. The van der Waals surface area contributed by atoms with E-state index in [1.54, 1.807) is 13.8 Å². The SMILES string of the molecule is CC[C@@H](C)C(C(=O)O)c1c(C)n(C(=O)c2ccc(Cl)c(F)c2)c2cc(F)c(O)c(F)c12. The Kier molecular flexibility index (Phi) is 6.04. The van der Waals surface area contributed by atoms with Crippen molar-refractivity contribution in [1.82, 2.24) is 4.57 Å². The van der Waals surface area contributed by atoms with Crippen LogP contribution in [-0.2, 0) is 4.79 Å². The molecule has 1 unspecified atom stereocenters. The molecule has 1 aromatic heterocycles. The molecule has 2 atom stereocenters. The molecule has 0 spiro atoms. The van der Waals surface area contributed by atoms with Crippen LogP contribution in [-0.4, -0.2) is 26.7 Å². The van der Waals surface area contributed by atoms with Crippen molar-refractivity contribution in [1.29, 1.82) is 0 Å². The average Bonchev–Trinajstić information content (AvgIpc) is 2.99. The number of carboxylic acid groups (broad SMARTS) is 1. The number of aliphatic carboxylic acids is 1. The quantitative estimate of drug-likeness (QED) is 0.524. The Morgan fingerprint density at radius 1 is 1.16 bits per heavy atom. The van der Waals surface area contributed by atoms with Crippen molar-refractivity contribution in [2.45, 2.75) is 33.1 Å². The summed E-state index contributed by atoms with van der Waals surface area (Å²) >= 11 is 5.66. The molecule has 1 heterocycles. The molecule has 2 aromatic carbocycles. The first kappa shape index (κ1) is 22.7. The van der Waals surface area contributed by atoms with E-state index in [0.29, 0.717) is 6.42 Å². The molecule has 0 aliphatic rings. The minimum Gasteiger partial charge on any atom is -0.503 e. The smallest absolute Gasteiger partial charge is 0.311 e. The monoisotopic (exact) mass is 453 g/mol. The van der Waals surface area contributed by atoms with Crippen LogP contribution >= 0.6 is 11.6 Å². The van der Waals surface area contributed by atoms with Crippen LogP contribution in [0.4, 0.5) is 13.2 Å². The Balaban J connectivity index is 2.42. The topological polar surface area (TPSA) is 79.5 Å². The van der Waals surface area contributed by atoms with Gasteiger partial charge in [0.25, 0.3) is 5.91 Å². The second kappa shape index (κ2) is 8.26. The number of phenols is 1. The summed E-state index contributed by atoms with van der Waals surface area (Å²) in [5.74, 6) is -8.61. The fraction of sp³-hybridized carbons (Fsp3) is 0.273. The van der Waals surface area contributed by atoms with Gasteiger partial charge in [-0.05, 0) is 36.6 Å². The predicted molar refractivity (Wildman–Crippen MR) is 109 cm³/mol. The second-order valence-corrected chi connectivity index (χ2v) is 7.79. The number of aromatic nitrogens is 1. The number of fused-ring (bicyclic) bond motifs is 1. The molecular weight excluding hydrogens is 435 g/mol. The highest BCUT2D eigenvalue weighted by Gasteiger charge is 2.35. The molecule has 31 heavy (non-hydrogen) atoms. The van der Waals surface area contributed by atoms with Crippen molar-refractivity contribution in [3.8, 4) is 5.75 Å². The van der Waals surface area contributed by atoms with Gasteiger partial charge in [0.1, 0.15) is 5.82 Å². The maximum atomic E-state index is 15.0. The van der Waals surface area contributed by atoms with Gasteiger partial charge in [-0.1, -0.05) is 31.9 Å². The van der Waals surface area contributed by atoms with Crippen molar-refractivity contribution in [2.75, 3.05) is 0 Å². The van der Waals surface area contributed by atoms with Crippen LogP contribution in [0.15, 0.2) is 24.3 Å². The minimum absolute atomic E-state index is 0.0481. The lowest BCUT2D eigenvalue weighted by Crippen LogP contribution is -2.21. The zero-order valence-corrected chi connectivity index (χ0v) is 17.6. The van der Waals surface area contributed by atoms with Crippen LogP contribution in [0.1, 0.15) is 47.8 Å². The Labute approximate surface area is 180 Å². The number of hydrogen-bond acceptors (Lipinski definition) is 3. The molecule has 9 heteroatoms. The number of carbonyl (C=O) groups is 2. The molecular formula is C22H19ClF3NO4. The van der Waals surface area contributed by atoms with Crippen molar-refractivity contribution >= 4 is 34.4 Å². The zero-order valence-electron chi connectivity index (χ0n) is 16.8. The van der Waals surface area contributed by atoms with Gasteiger partial charge in [-0.2, -0.15) is 0 Å². The highest BCUT2D eigenvalue weighted by Crippen LogP contribution is 2.41. The van der Waals surface area contributed by atoms with Crippen LogP contribution in [0, 0.1) is 30.3 Å². The Hall–Kier alpha value is -3.00. The fourth-order valence-electron chi connectivity index (χ4n) is 3.80. The molecule has 0 aliphatic carbocycles. The van der Waals surface area contributed by atoms with E-state index in [1.807, 2.05) is 0 Å².